The molecule has 0 spiro atoms. The summed E-state index contributed by atoms with van der Waals surface area (Å²) >= 11 is 0. The molecule has 1 saturated heterocycles. The van der Waals surface area contributed by atoms with Crippen LogP contribution in [0.4, 0.5) is 0 Å². The van der Waals surface area contributed by atoms with Gasteiger partial charge in [0.2, 0.25) is 5.91 Å². The lowest BCUT2D eigenvalue weighted by Gasteiger charge is -2.30. The molecule has 1 aromatic heterocycles. The zero-order chi connectivity index (χ0) is 13.0. The lowest BCUT2D eigenvalue weighted by Crippen LogP contribution is -2.34. The Labute approximate surface area is 106 Å². The van der Waals surface area contributed by atoms with Gasteiger partial charge in [-0.1, -0.05) is 0 Å². The topological polar surface area (TPSA) is 76.5 Å². The maximum atomic E-state index is 10.8. The number of hydrogen-bond acceptors (Lipinski definition) is 4. The molecule has 1 aromatic rings. The van der Waals surface area contributed by atoms with Gasteiger partial charge in [-0.3, -0.25) is 14.5 Å². The first-order valence-corrected chi connectivity index (χ1v) is 6.22. The minimum atomic E-state index is -0.213. The number of aldehydes is 1. The summed E-state index contributed by atoms with van der Waals surface area (Å²) in [5.74, 6) is 1.38. The fraction of sp³-hybridized carbons (Fsp3) is 0.538. The second kappa shape index (κ2) is 5.82. The Balaban J connectivity index is 1.79. The summed E-state index contributed by atoms with van der Waals surface area (Å²) in [5.41, 5.74) is 5.20. The van der Waals surface area contributed by atoms with E-state index in [-0.39, 0.29) is 5.91 Å². The number of amides is 1. The third kappa shape index (κ3) is 3.43. The molecule has 0 radical (unpaired) electrons. The molecule has 1 aliphatic rings. The van der Waals surface area contributed by atoms with Gasteiger partial charge in [0.1, 0.15) is 5.76 Å². The fourth-order valence-electron chi connectivity index (χ4n) is 2.40. The third-order valence-corrected chi connectivity index (χ3v) is 3.38. The fourth-order valence-corrected chi connectivity index (χ4v) is 2.40. The maximum Gasteiger partial charge on any atom is 0.217 e. The highest BCUT2D eigenvalue weighted by molar-refractivity contribution is 5.74. The summed E-state index contributed by atoms with van der Waals surface area (Å²) in [6.45, 7) is 2.60. The van der Waals surface area contributed by atoms with Crippen LogP contribution in [0, 0.1) is 5.92 Å². The number of piperidine rings is 1. The molecule has 98 valence electrons. The first-order valence-electron chi connectivity index (χ1n) is 6.22. The van der Waals surface area contributed by atoms with Crippen molar-refractivity contribution in [3.8, 4) is 0 Å². The molecular weight excluding hydrogens is 232 g/mol. The van der Waals surface area contributed by atoms with Crippen LogP contribution in [0.5, 0.6) is 0 Å². The van der Waals surface area contributed by atoms with Crippen LogP contribution in [0.25, 0.3) is 0 Å². The Kier molecular flexibility index (Phi) is 4.15. The molecule has 5 heteroatoms. The van der Waals surface area contributed by atoms with Crippen LogP contribution in [-0.4, -0.2) is 30.2 Å². The Morgan fingerprint density at radius 3 is 2.72 bits per heavy atom. The van der Waals surface area contributed by atoms with Crippen molar-refractivity contribution in [3.63, 3.8) is 0 Å². The van der Waals surface area contributed by atoms with Crippen molar-refractivity contribution < 1.29 is 14.0 Å². The normalized spacial score (nSPS) is 17.8. The smallest absolute Gasteiger partial charge is 0.217 e. The standard InChI is InChI=1S/C13H18N2O3/c14-13(17)7-10-3-5-15(6-4-10)8-11-1-2-12(9-16)18-11/h1-2,9-10H,3-8H2,(H2,14,17). The van der Waals surface area contributed by atoms with Crippen LogP contribution < -0.4 is 5.73 Å². The van der Waals surface area contributed by atoms with Gasteiger partial charge in [-0.2, -0.15) is 0 Å². The van der Waals surface area contributed by atoms with Crippen molar-refractivity contribution in [2.24, 2.45) is 11.7 Å². The van der Waals surface area contributed by atoms with Crippen LogP contribution in [0.1, 0.15) is 35.6 Å². The second-order valence-corrected chi connectivity index (χ2v) is 4.81. The Hall–Kier alpha value is -1.62. The van der Waals surface area contributed by atoms with Gasteiger partial charge in [0.15, 0.2) is 12.0 Å². The minimum absolute atomic E-state index is 0.213. The number of likely N-dealkylation sites (tertiary alicyclic amines) is 1. The molecule has 0 aromatic carbocycles. The van der Waals surface area contributed by atoms with E-state index in [4.69, 9.17) is 10.2 Å². The summed E-state index contributed by atoms with van der Waals surface area (Å²) in [5, 5.41) is 0. The van der Waals surface area contributed by atoms with Crippen LogP contribution in [-0.2, 0) is 11.3 Å². The summed E-state index contributed by atoms with van der Waals surface area (Å²) in [6.07, 6.45) is 3.18. The summed E-state index contributed by atoms with van der Waals surface area (Å²) in [6, 6.07) is 3.52. The predicted molar refractivity (Wildman–Crippen MR) is 65.9 cm³/mol. The molecule has 2 rings (SSSR count). The molecule has 0 saturated carbocycles. The van der Waals surface area contributed by atoms with E-state index in [0.29, 0.717) is 24.4 Å². The molecule has 0 atom stereocenters. The Morgan fingerprint density at radius 2 is 2.17 bits per heavy atom. The third-order valence-electron chi connectivity index (χ3n) is 3.38. The number of furan rings is 1. The van der Waals surface area contributed by atoms with Crippen molar-refractivity contribution >= 4 is 12.2 Å². The molecular formula is C13H18N2O3. The van der Waals surface area contributed by atoms with Gasteiger partial charge in [-0.15, -0.1) is 0 Å². The second-order valence-electron chi connectivity index (χ2n) is 4.81. The molecule has 0 unspecified atom stereocenters. The lowest BCUT2D eigenvalue weighted by atomic mass is 9.93. The molecule has 1 amide bonds. The van der Waals surface area contributed by atoms with Gasteiger partial charge in [0, 0.05) is 6.42 Å². The van der Waals surface area contributed by atoms with Gasteiger partial charge in [-0.25, -0.2) is 0 Å². The molecule has 2 heterocycles. The van der Waals surface area contributed by atoms with E-state index in [0.717, 1.165) is 38.2 Å². The largest absolute Gasteiger partial charge is 0.457 e. The van der Waals surface area contributed by atoms with Crippen molar-refractivity contribution in [1.29, 1.82) is 0 Å². The SMILES string of the molecule is NC(=O)CC1CCN(Cc2ccc(C=O)o2)CC1. The quantitative estimate of drug-likeness (QED) is 0.796. The zero-order valence-corrected chi connectivity index (χ0v) is 10.3. The number of nitrogens with zero attached hydrogens (tertiary/aromatic N) is 1. The molecule has 1 fully saturated rings. The van der Waals surface area contributed by atoms with Crippen molar-refractivity contribution in [2.45, 2.75) is 25.8 Å². The minimum Gasteiger partial charge on any atom is -0.457 e. The maximum absolute atomic E-state index is 10.8. The van der Waals surface area contributed by atoms with E-state index in [9.17, 15) is 9.59 Å². The van der Waals surface area contributed by atoms with Crippen LogP contribution in [0.15, 0.2) is 16.5 Å². The molecule has 0 bridgehead atoms. The van der Waals surface area contributed by atoms with Crippen LogP contribution in [0.2, 0.25) is 0 Å². The monoisotopic (exact) mass is 250 g/mol. The van der Waals surface area contributed by atoms with Crippen LogP contribution >= 0.6 is 0 Å². The summed E-state index contributed by atoms with van der Waals surface area (Å²) < 4.78 is 5.34. The van der Waals surface area contributed by atoms with E-state index in [1.807, 2.05) is 6.07 Å². The van der Waals surface area contributed by atoms with E-state index in [1.54, 1.807) is 6.07 Å². The number of carbonyl (C=O) groups is 2. The highest BCUT2D eigenvalue weighted by atomic mass is 16.3. The van der Waals surface area contributed by atoms with Crippen LogP contribution in [0.3, 0.4) is 0 Å². The van der Waals surface area contributed by atoms with Gasteiger partial charge in [0.05, 0.1) is 6.54 Å². The van der Waals surface area contributed by atoms with Crippen molar-refractivity contribution in [2.75, 3.05) is 13.1 Å². The Bertz CT molecular complexity index is 420. The number of nitrogens with two attached hydrogens (primary N) is 1. The molecule has 1 aliphatic heterocycles. The van der Waals surface area contributed by atoms with E-state index in [2.05, 4.69) is 4.90 Å². The van der Waals surface area contributed by atoms with E-state index >= 15 is 0 Å². The molecule has 2 N–H and O–H groups in total. The molecule has 5 nitrogen and oxygen atoms in total. The van der Waals surface area contributed by atoms with Gasteiger partial charge in [0.25, 0.3) is 0 Å². The highest BCUT2D eigenvalue weighted by Crippen LogP contribution is 2.21. The Morgan fingerprint density at radius 1 is 1.44 bits per heavy atom. The first kappa shape index (κ1) is 12.8. The van der Waals surface area contributed by atoms with Gasteiger partial charge >= 0.3 is 0 Å². The van der Waals surface area contributed by atoms with Crippen molar-refractivity contribution in [1.82, 2.24) is 4.90 Å². The number of carbonyl (C=O) groups excluding carboxylic acids is 2. The number of primary amides is 1. The van der Waals surface area contributed by atoms with Gasteiger partial charge in [-0.05, 0) is 44.0 Å². The first-order chi connectivity index (χ1) is 8.67. The predicted octanol–water partition coefficient (Wildman–Crippen LogP) is 1.18. The average Bonchev–Trinajstić information content (AvgIpc) is 2.79. The lowest BCUT2D eigenvalue weighted by molar-refractivity contribution is -0.119. The van der Waals surface area contributed by atoms with Crippen molar-refractivity contribution in [3.05, 3.63) is 23.7 Å². The zero-order valence-electron chi connectivity index (χ0n) is 10.3. The summed E-state index contributed by atoms with van der Waals surface area (Å²) in [7, 11) is 0. The van der Waals surface area contributed by atoms with Gasteiger partial charge < -0.3 is 10.2 Å². The number of hydrogen-bond donors (Lipinski definition) is 1. The summed E-state index contributed by atoms with van der Waals surface area (Å²) in [4.78, 5) is 23.6. The molecule has 18 heavy (non-hydrogen) atoms. The van der Waals surface area contributed by atoms with E-state index in [1.165, 1.54) is 0 Å². The van der Waals surface area contributed by atoms with E-state index < -0.39 is 0 Å². The molecule has 0 aliphatic carbocycles. The number of rotatable bonds is 5. The highest BCUT2D eigenvalue weighted by Gasteiger charge is 2.21. The average molecular weight is 250 g/mol.